The Morgan fingerprint density at radius 1 is 1.32 bits per heavy atom. The first kappa shape index (κ1) is 18.2. The van der Waals surface area contributed by atoms with E-state index in [0.717, 1.165) is 0 Å². The molecule has 0 unspecified atom stereocenters. The minimum absolute atomic E-state index is 0.00399. The van der Waals surface area contributed by atoms with Crippen molar-refractivity contribution in [1.82, 2.24) is 5.32 Å². The zero-order valence-electron chi connectivity index (χ0n) is 12.3. The zero-order chi connectivity index (χ0) is 16.5. The molecule has 120 valence electrons. The lowest BCUT2D eigenvalue weighted by molar-refractivity contribution is -0.144. The van der Waals surface area contributed by atoms with Gasteiger partial charge in [-0.3, -0.25) is 9.59 Å². The van der Waals surface area contributed by atoms with E-state index in [9.17, 15) is 9.59 Å². The Labute approximate surface area is 139 Å². The predicted octanol–water partition coefficient (Wildman–Crippen LogP) is 2.50. The molecule has 0 aromatic heterocycles. The van der Waals surface area contributed by atoms with E-state index in [1.165, 1.54) is 7.11 Å². The van der Waals surface area contributed by atoms with E-state index >= 15 is 0 Å². The summed E-state index contributed by atoms with van der Waals surface area (Å²) in [5.41, 5.74) is 0.612. The Morgan fingerprint density at radius 3 is 2.64 bits per heavy atom. The summed E-state index contributed by atoms with van der Waals surface area (Å²) in [6.07, 6.45) is 0.0146. The first-order valence-electron chi connectivity index (χ1n) is 6.56. The van der Waals surface area contributed by atoms with Gasteiger partial charge in [0, 0.05) is 12.1 Å². The topological polar surface area (TPSA) is 76.7 Å². The lowest BCUT2D eigenvalue weighted by Gasteiger charge is -2.11. The fourth-order valence-electron chi connectivity index (χ4n) is 1.54. The predicted molar refractivity (Wildman–Crippen MR) is 88.2 cm³/mol. The van der Waals surface area contributed by atoms with Crippen LogP contribution in [0.25, 0.3) is 0 Å². The van der Waals surface area contributed by atoms with Gasteiger partial charge in [0.25, 0.3) is 0 Å². The Hall–Kier alpha value is -1.86. The maximum absolute atomic E-state index is 11.6. The summed E-state index contributed by atoms with van der Waals surface area (Å²) in [5.74, 6) is -0.250. The highest BCUT2D eigenvalue weighted by atomic mass is 35.5. The SMILES string of the molecule is CCOC(=O)CCC(=O)NC(=S)Nc1ccc(OC)c(Cl)c1. The molecule has 1 rings (SSSR count). The standard InChI is InChI=1S/C14H17ClN2O4S/c1-3-21-13(19)7-6-12(18)17-14(22)16-9-4-5-11(20-2)10(15)8-9/h4-5,8H,3,6-7H2,1-2H3,(H2,16,17,18,22). The Balaban J connectivity index is 2.44. The van der Waals surface area contributed by atoms with Crippen LogP contribution in [-0.4, -0.2) is 30.7 Å². The van der Waals surface area contributed by atoms with Crippen molar-refractivity contribution in [2.45, 2.75) is 19.8 Å². The maximum Gasteiger partial charge on any atom is 0.306 e. The number of ether oxygens (including phenoxy) is 2. The molecule has 1 aromatic carbocycles. The molecule has 0 aliphatic carbocycles. The number of esters is 1. The molecule has 0 spiro atoms. The first-order chi connectivity index (χ1) is 10.5. The molecular formula is C14H17ClN2O4S. The fourth-order valence-corrected chi connectivity index (χ4v) is 2.03. The molecule has 0 bridgehead atoms. The number of rotatable bonds is 6. The van der Waals surface area contributed by atoms with Crippen molar-refractivity contribution in [2.24, 2.45) is 0 Å². The molecular weight excluding hydrogens is 328 g/mol. The van der Waals surface area contributed by atoms with Crippen LogP contribution in [0.2, 0.25) is 5.02 Å². The number of hydrogen-bond acceptors (Lipinski definition) is 5. The molecule has 1 amide bonds. The van der Waals surface area contributed by atoms with E-state index in [2.05, 4.69) is 10.6 Å². The van der Waals surface area contributed by atoms with E-state index in [-0.39, 0.29) is 23.9 Å². The monoisotopic (exact) mass is 344 g/mol. The average Bonchev–Trinajstić information content (AvgIpc) is 2.45. The normalized spacial score (nSPS) is 9.77. The van der Waals surface area contributed by atoms with E-state index in [1.807, 2.05) is 0 Å². The van der Waals surface area contributed by atoms with Crippen molar-refractivity contribution in [3.8, 4) is 5.75 Å². The van der Waals surface area contributed by atoms with Crippen LogP contribution >= 0.6 is 23.8 Å². The first-order valence-corrected chi connectivity index (χ1v) is 7.34. The number of carbonyl (C=O) groups excluding carboxylic acids is 2. The molecule has 0 atom stereocenters. The number of amides is 1. The third-order valence-electron chi connectivity index (χ3n) is 2.52. The van der Waals surface area contributed by atoms with Crippen molar-refractivity contribution < 1.29 is 19.1 Å². The Bertz CT molecular complexity index is 566. The van der Waals surface area contributed by atoms with Gasteiger partial charge in [0.05, 0.1) is 25.2 Å². The van der Waals surface area contributed by atoms with Crippen LogP contribution in [0.3, 0.4) is 0 Å². The van der Waals surface area contributed by atoms with Gasteiger partial charge in [-0.15, -0.1) is 0 Å². The van der Waals surface area contributed by atoms with Crippen LogP contribution < -0.4 is 15.4 Å². The summed E-state index contributed by atoms with van der Waals surface area (Å²) in [5, 5.41) is 5.84. The van der Waals surface area contributed by atoms with Gasteiger partial charge in [0.1, 0.15) is 5.75 Å². The van der Waals surface area contributed by atoms with E-state index < -0.39 is 5.97 Å². The van der Waals surface area contributed by atoms with E-state index in [0.29, 0.717) is 23.1 Å². The molecule has 8 heteroatoms. The largest absolute Gasteiger partial charge is 0.495 e. The molecule has 0 saturated carbocycles. The minimum Gasteiger partial charge on any atom is -0.495 e. The number of nitrogens with one attached hydrogen (secondary N) is 2. The van der Waals surface area contributed by atoms with Gasteiger partial charge in [-0.05, 0) is 37.3 Å². The van der Waals surface area contributed by atoms with Gasteiger partial charge < -0.3 is 20.1 Å². The quantitative estimate of drug-likeness (QED) is 0.610. The molecule has 0 saturated heterocycles. The van der Waals surface area contributed by atoms with Crippen LogP contribution in [0.5, 0.6) is 5.75 Å². The van der Waals surface area contributed by atoms with Crippen LogP contribution in [-0.2, 0) is 14.3 Å². The molecule has 6 nitrogen and oxygen atoms in total. The highest BCUT2D eigenvalue weighted by Crippen LogP contribution is 2.27. The smallest absolute Gasteiger partial charge is 0.306 e. The molecule has 22 heavy (non-hydrogen) atoms. The molecule has 1 aromatic rings. The summed E-state index contributed by atoms with van der Waals surface area (Å²) in [6, 6.07) is 5.01. The molecule has 0 aliphatic rings. The number of thiocarbonyl (C=S) groups is 1. The van der Waals surface area contributed by atoms with Gasteiger partial charge in [-0.1, -0.05) is 11.6 Å². The summed E-state index contributed by atoms with van der Waals surface area (Å²) in [7, 11) is 1.52. The number of carbonyl (C=O) groups is 2. The Kier molecular flexibility index (Phi) is 7.62. The number of methoxy groups -OCH3 is 1. The lowest BCUT2D eigenvalue weighted by atomic mass is 10.3. The third-order valence-corrected chi connectivity index (χ3v) is 3.02. The number of halogens is 1. The fraction of sp³-hybridized carbons (Fsp3) is 0.357. The van der Waals surface area contributed by atoms with Gasteiger partial charge in [0.2, 0.25) is 5.91 Å². The van der Waals surface area contributed by atoms with Crippen molar-refractivity contribution in [1.29, 1.82) is 0 Å². The van der Waals surface area contributed by atoms with Gasteiger partial charge >= 0.3 is 5.97 Å². The van der Waals surface area contributed by atoms with Crippen molar-refractivity contribution in [3.05, 3.63) is 23.2 Å². The molecule has 0 heterocycles. The molecule has 0 aliphatic heterocycles. The van der Waals surface area contributed by atoms with E-state index in [1.54, 1.807) is 25.1 Å². The molecule has 0 radical (unpaired) electrons. The zero-order valence-corrected chi connectivity index (χ0v) is 13.8. The molecule has 2 N–H and O–H groups in total. The Morgan fingerprint density at radius 2 is 2.05 bits per heavy atom. The summed E-state index contributed by atoms with van der Waals surface area (Å²) in [6.45, 7) is 2.00. The summed E-state index contributed by atoms with van der Waals surface area (Å²) in [4.78, 5) is 22.8. The van der Waals surface area contributed by atoms with Crippen LogP contribution in [0.1, 0.15) is 19.8 Å². The maximum atomic E-state index is 11.6. The molecule has 0 fully saturated rings. The lowest BCUT2D eigenvalue weighted by Crippen LogP contribution is -2.34. The van der Waals surface area contributed by atoms with Crippen LogP contribution in [0.4, 0.5) is 5.69 Å². The second kappa shape index (κ2) is 9.22. The highest BCUT2D eigenvalue weighted by molar-refractivity contribution is 7.80. The summed E-state index contributed by atoms with van der Waals surface area (Å²) >= 11 is 11.0. The van der Waals surface area contributed by atoms with E-state index in [4.69, 9.17) is 33.3 Å². The van der Waals surface area contributed by atoms with Crippen molar-refractivity contribution in [3.63, 3.8) is 0 Å². The number of hydrogen-bond donors (Lipinski definition) is 2. The number of benzene rings is 1. The van der Waals surface area contributed by atoms with Gasteiger partial charge in [-0.25, -0.2) is 0 Å². The van der Waals surface area contributed by atoms with Crippen molar-refractivity contribution in [2.75, 3.05) is 19.0 Å². The minimum atomic E-state index is -0.418. The summed E-state index contributed by atoms with van der Waals surface area (Å²) < 4.78 is 9.77. The average molecular weight is 345 g/mol. The van der Waals surface area contributed by atoms with Gasteiger partial charge in [-0.2, -0.15) is 0 Å². The van der Waals surface area contributed by atoms with Crippen LogP contribution in [0, 0.1) is 0 Å². The van der Waals surface area contributed by atoms with Gasteiger partial charge in [0.15, 0.2) is 5.11 Å². The highest BCUT2D eigenvalue weighted by Gasteiger charge is 2.09. The van der Waals surface area contributed by atoms with Crippen LogP contribution in [0.15, 0.2) is 18.2 Å². The second-order valence-corrected chi connectivity index (χ2v) is 4.97. The third kappa shape index (κ3) is 6.28. The second-order valence-electron chi connectivity index (χ2n) is 4.16. The number of anilines is 1. The van der Waals surface area contributed by atoms with Crippen molar-refractivity contribution >= 4 is 46.5 Å².